The van der Waals surface area contributed by atoms with Crippen LogP contribution in [-0.4, -0.2) is 16.8 Å². The Balaban J connectivity index is 2.48. The van der Waals surface area contributed by atoms with Crippen LogP contribution in [0.15, 0.2) is 45.6 Å². The Morgan fingerprint density at radius 1 is 1.31 bits per heavy atom. The van der Waals surface area contributed by atoms with Gasteiger partial charge in [0.1, 0.15) is 0 Å². The lowest BCUT2D eigenvalue weighted by Gasteiger charge is -2.23. The first kappa shape index (κ1) is 20.5. The van der Waals surface area contributed by atoms with Crippen molar-refractivity contribution in [3.63, 3.8) is 0 Å². The van der Waals surface area contributed by atoms with Crippen LogP contribution in [0.1, 0.15) is 34.1 Å². The van der Waals surface area contributed by atoms with E-state index in [0.717, 1.165) is 26.3 Å². The standard InChI is InChI=1S/C20H22BrClN2O2/c1-6-11(2)18(23-24-19(25)12(3)13(4)20(24)26)10-17(22)15-8-7-9-16(21)14(15)5/h7-11,23H,5-6H2,1-4H3/b17-15+,18-10+. The number of hydrogen-bond donors (Lipinski definition) is 1. The van der Waals surface area contributed by atoms with Gasteiger partial charge in [-0.2, -0.15) is 5.01 Å². The van der Waals surface area contributed by atoms with Gasteiger partial charge in [0.15, 0.2) is 0 Å². The van der Waals surface area contributed by atoms with Gasteiger partial charge in [0, 0.05) is 26.5 Å². The number of carbonyl (C=O) groups excluding carboxylic acids is 2. The van der Waals surface area contributed by atoms with Crippen molar-refractivity contribution in [3.8, 4) is 0 Å². The topological polar surface area (TPSA) is 49.4 Å². The summed E-state index contributed by atoms with van der Waals surface area (Å²) in [5, 5.41) is 3.10. The van der Waals surface area contributed by atoms with Crippen molar-refractivity contribution < 1.29 is 9.59 Å². The molecule has 1 atom stereocenters. The summed E-state index contributed by atoms with van der Waals surface area (Å²) >= 11 is 9.98. The Kier molecular flexibility index (Phi) is 6.48. The number of rotatable bonds is 5. The molecule has 0 aliphatic carbocycles. The van der Waals surface area contributed by atoms with Gasteiger partial charge in [0.05, 0.1) is 5.03 Å². The van der Waals surface area contributed by atoms with Gasteiger partial charge in [-0.1, -0.05) is 60.1 Å². The zero-order chi connectivity index (χ0) is 19.6. The number of carbonyl (C=O) groups is 2. The van der Waals surface area contributed by atoms with Crippen molar-refractivity contribution in [3.05, 3.63) is 56.0 Å². The van der Waals surface area contributed by atoms with Crippen LogP contribution in [0, 0.1) is 5.92 Å². The molecule has 0 saturated heterocycles. The predicted octanol–water partition coefficient (Wildman–Crippen LogP) is 3.35. The molecule has 2 rings (SSSR count). The number of halogens is 2. The molecule has 0 aromatic heterocycles. The average Bonchev–Trinajstić information content (AvgIpc) is 2.80. The molecule has 138 valence electrons. The Morgan fingerprint density at radius 3 is 2.42 bits per heavy atom. The molecule has 1 aliphatic heterocycles. The molecule has 0 radical (unpaired) electrons. The monoisotopic (exact) mass is 436 g/mol. The lowest BCUT2D eigenvalue weighted by atomic mass is 10.0. The van der Waals surface area contributed by atoms with Crippen LogP contribution in [-0.2, 0) is 9.59 Å². The zero-order valence-electron chi connectivity index (χ0n) is 15.3. The lowest BCUT2D eigenvalue weighted by molar-refractivity contribution is -0.140. The maximum Gasteiger partial charge on any atom is 0.275 e. The molecule has 0 bridgehead atoms. The van der Waals surface area contributed by atoms with E-state index < -0.39 is 0 Å². The summed E-state index contributed by atoms with van der Waals surface area (Å²) in [7, 11) is 0. The third-order valence-electron chi connectivity index (χ3n) is 4.65. The van der Waals surface area contributed by atoms with Crippen molar-refractivity contribution in [2.45, 2.75) is 34.1 Å². The van der Waals surface area contributed by atoms with E-state index in [0.29, 0.717) is 21.9 Å². The van der Waals surface area contributed by atoms with Crippen LogP contribution in [0.5, 0.6) is 0 Å². The van der Waals surface area contributed by atoms with E-state index in [1.807, 2.05) is 32.0 Å². The first-order chi connectivity index (χ1) is 12.2. The van der Waals surface area contributed by atoms with Crippen LogP contribution in [0.25, 0.3) is 11.6 Å². The van der Waals surface area contributed by atoms with E-state index >= 15 is 0 Å². The fraction of sp³-hybridized carbons (Fsp3) is 0.300. The molecule has 6 heteroatoms. The molecule has 26 heavy (non-hydrogen) atoms. The highest BCUT2D eigenvalue weighted by molar-refractivity contribution is 9.10. The summed E-state index contributed by atoms with van der Waals surface area (Å²) in [5.41, 5.74) is 4.58. The number of imide groups is 1. The second-order valence-corrected chi connectivity index (χ2v) is 7.59. The highest BCUT2D eigenvalue weighted by atomic mass is 79.9. The molecular weight excluding hydrogens is 416 g/mol. The summed E-state index contributed by atoms with van der Waals surface area (Å²) in [6, 6.07) is 5.65. The minimum absolute atomic E-state index is 0.0750. The molecular formula is C20H22BrClN2O2. The minimum atomic E-state index is -0.335. The summed E-state index contributed by atoms with van der Waals surface area (Å²) in [4.78, 5) is 24.7. The Hall–Kier alpha value is -1.85. The van der Waals surface area contributed by atoms with Gasteiger partial charge in [0.2, 0.25) is 0 Å². The molecule has 1 aromatic rings. The SMILES string of the molecule is C=c1c(Br)ccc/c1=C(Cl)/C=C(/NN1C(=O)C(C)=C(C)C1=O)C(C)CC. The number of hydrazine groups is 1. The molecule has 1 unspecified atom stereocenters. The van der Waals surface area contributed by atoms with Crippen LogP contribution in [0.3, 0.4) is 0 Å². The third kappa shape index (κ3) is 3.94. The van der Waals surface area contributed by atoms with E-state index in [4.69, 9.17) is 11.6 Å². The second kappa shape index (κ2) is 8.23. The number of amides is 2. The Morgan fingerprint density at radius 2 is 1.88 bits per heavy atom. The van der Waals surface area contributed by atoms with Gasteiger partial charge in [-0.05, 0) is 43.5 Å². The molecule has 0 saturated carbocycles. The lowest BCUT2D eigenvalue weighted by Crippen LogP contribution is -2.44. The Labute approximate surface area is 167 Å². The molecule has 1 aromatic carbocycles. The predicted molar refractivity (Wildman–Crippen MR) is 109 cm³/mol. The van der Waals surface area contributed by atoms with Crippen LogP contribution in [0.2, 0.25) is 0 Å². The maximum absolute atomic E-state index is 12.3. The minimum Gasteiger partial charge on any atom is -0.292 e. The second-order valence-electron chi connectivity index (χ2n) is 6.33. The normalized spacial score (nSPS) is 17.8. The summed E-state index contributed by atoms with van der Waals surface area (Å²) < 4.78 is 0.861. The van der Waals surface area contributed by atoms with E-state index in [1.54, 1.807) is 19.9 Å². The van der Waals surface area contributed by atoms with Crippen LogP contribution >= 0.6 is 27.5 Å². The third-order valence-corrected chi connectivity index (χ3v) is 5.71. The molecule has 1 N–H and O–H groups in total. The van der Waals surface area contributed by atoms with Gasteiger partial charge in [-0.3, -0.25) is 15.0 Å². The van der Waals surface area contributed by atoms with Crippen LogP contribution in [0.4, 0.5) is 0 Å². The highest BCUT2D eigenvalue weighted by Gasteiger charge is 2.34. The number of hydrogen-bond acceptors (Lipinski definition) is 3. The van der Waals surface area contributed by atoms with Crippen molar-refractivity contribution in [2.24, 2.45) is 5.92 Å². The average molecular weight is 438 g/mol. The van der Waals surface area contributed by atoms with E-state index in [2.05, 4.69) is 27.9 Å². The first-order valence-corrected chi connectivity index (χ1v) is 9.53. The Bertz CT molecular complexity index is 910. The number of benzene rings is 1. The van der Waals surface area contributed by atoms with Gasteiger partial charge in [0.25, 0.3) is 11.8 Å². The molecule has 1 aliphatic rings. The number of nitrogens with zero attached hydrogens (tertiary/aromatic N) is 1. The quantitative estimate of drug-likeness (QED) is 0.719. The van der Waals surface area contributed by atoms with Crippen molar-refractivity contribution in [2.75, 3.05) is 0 Å². The van der Waals surface area contributed by atoms with Crippen LogP contribution < -0.4 is 15.9 Å². The summed E-state index contributed by atoms with van der Waals surface area (Å²) in [6.45, 7) is 11.4. The molecule has 1 heterocycles. The molecule has 2 amide bonds. The highest BCUT2D eigenvalue weighted by Crippen LogP contribution is 2.22. The van der Waals surface area contributed by atoms with Gasteiger partial charge < -0.3 is 0 Å². The van der Waals surface area contributed by atoms with Gasteiger partial charge in [-0.25, -0.2) is 0 Å². The molecule has 0 spiro atoms. The molecule has 0 fully saturated rings. The zero-order valence-corrected chi connectivity index (χ0v) is 17.7. The fourth-order valence-corrected chi connectivity index (χ4v) is 3.14. The van der Waals surface area contributed by atoms with Crippen molar-refractivity contribution in [1.29, 1.82) is 0 Å². The maximum atomic E-state index is 12.3. The smallest absolute Gasteiger partial charge is 0.275 e. The molecule has 4 nitrogen and oxygen atoms in total. The van der Waals surface area contributed by atoms with E-state index in [9.17, 15) is 9.59 Å². The van der Waals surface area contributed by atoms with Gasteiger partial charge in [-0.15, -0.1) is 0 Å². The first-order valence-electron chi connectivity index (χ1n) is 8.36. The summed E-state index contributed by atoms with van der Waals surface area (Å²) in [5.74, 6) is -0.595. The van der Waals surface area contributed by atoms with Crippen molar-refractivity contribution >= 4 is 51.0 Å². The summed E-state index contributed by atoms with van der Waals surface area (Å²) in [6.07, 6.45) is 2.58. The fourth-order valence-electron chi connectivity index (χ4n) is 2.48. The van der Waals surface area contributed by atoms with E-state index in [-0.39, 0.29) is 17.7 Å². The number of nitrogens with one attached hydrogen (secondary N) is 1. The van der Waals surface area contributed by atoms with Gasteiger partial charge >= 0.3 is 0 Å². The number of allylic oxidation sites excluding steroid dienone is 2. The van der Waals surface area contributed by atoms with E-state index in [1.165, 1.54) is 0 Å². The van der Waals surface area contributed by atoms with Crippen molar-refractivity contribution in [1.82, 2.24) is 10.4 Å². The largest absolute Gasteiger partial charge is 0.292 e.